The SMILES string of the molecule is C[C@H]1c2c(cc(F)c(Cl)c2-c2c(C([NH3+])=O)ccc(OCCO)c2F)O[C@]1(CNCCCC(=O)N1CCC(CN2CCC(c3ccc4c(N5CCC(=O)NC5=O)nn(C)c4c3)CC2)CC1)C1C=CC=CC1. The van der Waals surface area contributed by atoms with Crippen molar-refractivity contribution in [1.29, 1.82) is 0 Å². The third-order valence-corrected chi connectivity index (χ3v) is 15.5. The lowest BCUT2D eigenvalue weighted by Crippen LogP contribution is -2.57. The van der Waals surface area contributed by atoms with E-state index in [1.807, 2.05) is 41.8 Å². The minimum absolute atomic E-state index is 0.00103. The van der Waals surface area contributed by atoms with E-state index in [-0.39, 0.29) is 70.6 Å². The number of likely N-dealkylation sites (tertiary alicyclic amines) is 2. The predicted octanol–water partition coefficient (Wildman–Crippen LogP) is 6.23. The third-order valence-electron chi connectivity index (χ3n) is 15.2. The molecule has 3 saturated heterocycles. The number of allylic oxidation sites excluding steroid dienone is 3. The zero-order chi connectivity index (χ0) is 49.3. The molecule has 15 nitrogen and oxygen atoms in total. The van der Waals surface area contributed by atoms with Crippen LogP contribution in [0.2, 0.25) is 5.02 Å². The number of carbonyl (C=O) groups excluding carboxylic acids is 4. The Labute approximate surface area is 410 Å². The molecule has 3 aromatic carbocycles. The summed E-state index contributed by atoms with van der Waals surface area (Å²) in [6, 6.07) is 9.83. The molecular weight excluding hydrogens is 922 g/mol. The number of aryl methyl sites for hydroxylation is 1. The van der Waals surface area contributed by atoms with Gasteiger partial charge in [0.05, 0.1) is 22.7 Å². The minimum atomic E-state index is -0.968. The van der Waals surface area contributed by atoms with Crippen LogP contribution in [0.25, 0.3) is 22.0 Å². The van der Waals surface area contributed by atoms with Gasteiger partial charge in [-0.15, -0.1) is 0 Å². The number of urea groups is 1. The second kappa shape index (κ2) is 20.9. The number of piperidine rings is 2. The van der Waals surface area contributed by atoms with Crippen molar-refractivity contribution in [3.05, 3.63) is 94.0 Å². The van der Waals surface area contributed by atoms with Crippen molar-refractivity contribution < 1.29 is 48.3 Å². The van der Waals surface area contributed by atoms with Crippen LogP contribution >= 0.6 is 11.6 Å². The van der Waals surface area contributed by atoms with E-state index in [1.165, 1.54) is 28.7 Å². The van der Waals surface area contributed by atoms with E-state index in [2.05, 4.69) is 50.6 Å². The number of nitrogens with one attached hydrogen (secondary N) is 2. The lowest BCUT2D eigenvalue weighted by Gasteiger charge is -2.40. The summed E-state index contributed by atoms with van der Waals surface area (Å²) in [4.78, 5) is 56.7. The average molecular weight is 985 g/mol. The monoisotopic (exact) mass is 983 g/mol. The van der Waals surface area contributed by atoms with Gasteiger partial charge in [0, 0.05) is 92.6 Å². The number of amides is 5. The van der Waals surface area contributed by atoms with E-state index in [4.69, 9.17) is 21.1 Å². The lowest BCUT2D eigenvalue weighted by atomic mass is 9.72. The molecule has 0 radical (unpaired) electrons. The van der Waals surface area contributed by atoms with Gasteiger partial charge >= 0.3 is 11.9 Å². The van der Waals surface area contributed by atoms with Crippen LogP contribution in [0.15, 0.2) is 60.7 Å². The Hall–Kier alpha value is -5.72. The number of imide groups is 1. The number of hydrogen-bond acceptors (Lipinski definition) is 10. The number of anilines is 1. The van der Waals surface area contributed by atoms with Gasteiger partial charge in [-0.1, -0.05) is 48.9 Å². The number of rotatable bonds is 16. The van der Waals surface area contributed by atoms with Gasteiger partial charge in [0.25, 0.3) is 0 Å². The summed E-state index contributed by atoms with van der Waals surface area (Å²) in [5, 5.41) is 20.5. The number of benzene rings is 3. The van der Waals surface area contributed by atoms with E-state index in [9.17, 15) is 24.3 Å². The maximum Gasteiger partial charge on any atom is 0.341 e. The van der Waals surface area contributed by atoms with Gasteiger partial charge in [-0.25, -0.2) is 18.4 Å². The van der Waals surface area contributed by atoms with E-state index in [1.54, 1.807) is 0 Å². The van der Waals surface area contributed by atoms with Crippen molar-refractivity contribution in [2.45, 2.75) is 75.7 Å². The summed E-state index contributed by atoms with van der Waals surface area (Å²) in [5.41, 5.74) is 4.92. The number of aromatic nitrogens is 2. The van der Waals surface area contributed by atoms with Crippen molar-refractivity contribution >= 4 is 52.1 Å². The average Bonchev–Trinajstić information content (AvgIpc) is 3.83. The number of halogens is 3. The molecule has 0 saturated carbocycles. The Bertz CT molecular complexity index is 2730. The molecule has 4 aromatic rings. The van der Waals surface area contributed by atoms with Crippen LogP contribution in [0.3, 0.4) is 0 Å². The fraction of sp³-hybridized carbons (Fsp3) is 0.481. The van der Waals surface area contributed by atoms with E-state index < -0.39 is 35.1 Å². The number of nitrogens with zero attached hydrogens (tertiary/aromatic N) is 5. The molecule has 5 amide bonds. The minimum Gasteiger partial charge on any atom is -0.488 e. The van der Waals surface area contributed by atoms with Gasteiger partial charge < -0.3 is 29.7 Å². The predicted molar refractivity (Wildman–Crippen MR) is 261 cm³/mol. The number of aliphatic hydroxyl groups excluding tert-OH is 1. The van der Waals surface area contributed by atoms with Crippen LogP contribution in [0.1, 0.15) is 91.6 Å². The van der Waals surface area contributed by atoms with Crippen LogP contribution in [0.4, 0.5) is 19.4 Å². The summed E-state index contributed by atoms with van der Waals surface area (Å²) in [6.07, 6.45) is 13.9. The molecule has 4 aliphatic heterocycles. The summed E-state index contributed by atoms with van der Waals surface area (Å²) in [7, 11) is 1.89. The Kier molecular flexibility index (Phi) is 14.7. The molecule has 3 fully saturated rings. The second-order valence-electron chi connectivity index (χ2n) is 19.3. The molecule has 70 heavy (non-hydrogen) atoms. The molecular formula is C52H62ClF2N8O7+. The first kappa shape index (κ1) is 49.3. The van der Waals surface area contributed by atoms with E-state index in [0.717, 1.165) is 69.3 Å². The molecule has 0 spiro atoms. The van der Waals surface area contributed by atoms with Gasteiger partial charge in [0.1, 0.15) is 23.8 Å². The van der Waals surface area contributed by atoms with Crippen molar-refractivity contribution in [1.82, 2.24) is 30.2 Å². The van der Waals surface area contributed by atoms with Gasteiger partial charge in [-0.2, -0.15) is 5.10 Å². The molecule has 6 N–H and O–H groups in total. The smallest absolute Gasteiger partial charge is 0.341 e. The topological polar surface area (TPSA) is 186 Å². The highest BCUT2D eigenvalue weighted by Gasteiger charge is 2.52. The van der Waals surface area contributed by atoms with Gasteiger partial charge in [-0.3, -0.25) is 30.2 Å². The molecule has 1 unspecified atom stereocenters. The van der Waals surface area contributed by atoms with Crippen LogP contribution in [0, 0.1) is 23.5 Å². The normalized spacial score (nSPS) is 22.2. The van der Waals surface area contributed by atoms with Crippen LogP contribution in [0.5, 0.6) is 11.5 Å². The highest BCUT2D eigenvalue weighted by atomic mass is 35.5. The molecule has 3 atom stereocenters. The number of carbonyl (C=O) groups is 4. The largest absolute Gasteiger partial charge is 0.488 e. The molecule has 0 bridgehead atoms. The van der Waals surface area contributed by atoms with Crippen molar-refractivity contribution in [3.8, 4) is 22.6 Å². The molecule has 9 rings (SSSR count). The maximum absolute atomic E-state index is 16.4. The molecule has 1 aliphatic carbocycles. The van der Waals surface area contributed by atoms with Crippen molar-refractivity contribution in [2.24, 2.45) is 18.9 Å². The molecule has 1 aromatic heterocycles. The van der Waals surface area contributed by atoms with Gasteiger partial charge in [-0.05, 0) is 99.8 Å². The standard InChI is InChI=1S/C52H61ClF2N8O7/c1-31-44-41(28-38(54)47(53)46(44)45-37(49(56)67)12-13-40(48(45)55)69-26-25-64)70-52(31,35-7-4-3-5-8-35)30-57-19-6-9-43(66)62-22-14-32(15-23-62)29-61-20-16-33(17-21-61)34-10-11-36-39(27-34)60(2)59-50(36)63-24-18-42(65)58-51(63)68/h3-5,7,10-13,27-28,31-33,35,57,64H,6,8-9,14-26,29-30H2,1-2H3,(H2,56,67)(H,58,65,68)/p+1/t31-,35?,52-/m0/s1. The summed E-state index contributed by atoms with van der Waals surface area (Å²) >= 11 is 6.71. The fourth-order valence-electron chi connectivity index (χ4n) is 11.3. The Morgan fingerprint density at radius 1 is 1.04 bits per heavy atom. The molecule has 5 aliphatic rings. The van der Waals surface area contributed by atoms with E-state index >= 15 is 8.78 Å². The van der Waals surface area contributed by atoms with Crippen molar-refractivity contribution in [2.75, 3.05) is 70.5 Å². The highest BCUT2D eigenvalue weighted by Crippen LogP contribution is 2.56. The zero-order valence-corrected chi connectivity index (χ0v) is 40.5. The summed E-state index contributed by atoms with van der Waals surface area (Å²) in [5.74, 6) is -1.73. The van der Waals surface area contributed by atoms with Crippen LogP contribution < -0.4 is 30.7 Å². The number of hydrogen-bond donors (Lipinski definition) is 4. The van der Waals surface area contributed by atoms with Gasteiger partial charge in [0.15, 0.2) is 17.4 Å². The molecule has 5 heterocycles. The number of quaternary nitrogens is 1. The Balaban J connectivity index is 0.770. The summed E-state index contributed by atoms with van der Waals surface area (Å²) < 4.78 is 46.3. The first-order valence-corrected chi connectivity index (χ1v) is 24.9. The third kappa shape index (κ3) is 9.70. The molecule has 18 heteroatoms. The quantitative estimate of drug-likeness (QED) is 0.0939. The first-order valence-electron chi connectivity index (χ1n) is 24.5. The fourth-order valence-corrected chi connectivity index (χ4v) is 11.6. The summed E-state index contributed by atoms with van der Waals surface area (Å²) in [6.45, 7) is 7.06. The maximum atomic E-state index is 16.4. The van der Waals surface area contributed by atoms with Gasteiger partial charge in [0.2, 0.25) is 11.8 Å². The lowest BCUT2D eigenvalue weighted by molar-refractivity contribution is -0.255. The zero-order valence-electron chi connectivity index (χ0n) is 39.8. The first-order chi connectivity index (χ1) is 33.8. The molecule has 372 valence electrons. The number of aliphatic hydroxyl groups is 1. The Morgan fingerprint density at radius 3 is 2.54 bits per heavy atom. The van der Waals surface area contributed by atoms with Crippen LogP contribution in [-0.4, -0.2) is 120 Å². The highest BCUT2D eigenvalue weighted by molar-refractivity contribution is 6.34. The second-order valence-corrected chi connectivity index (χ2v) is 19.7. The number of fused-ring (bicyclic) bond motifs is 2. The Morgan fingerprint density at radius 2 is 1.83 bits per heavy atom. The number of ether oxygens (including phenoxy) is 2. The van der Waals surface area contributed by atoms with Crippen LogP contribution in [-0.2, 0) is 16.6 Å². The van der Waals surface area contributed by atoms with Crippen molar-refractivity contribution in [3.63, 3.8) is 0 Å². The van der Waals surface area contributed by atoms with E-state index in [0.29, 0.717) is 62.1 Å².